The maximum atomic E-state index is 12.6. The van der Waals surface area contributed by atoms with Crippen molar-refractivity contribution >= 4 is 22.9 Å². The number of hydrogen-bond donors (Lipinski definition) is 2. The van der Waals surface area contributed by atoms with Crippen LogP contribution >= 0.6 is 0 Å². The number of aromatic nitrogens is 5. The lowest BCUT2D eigenvalue weighted by Crippen LogP contribution is -2.45. The van der Waals surface area contributed by atoms with Crippen LogP contribution in [-0.4, -0.2) is 66.3 Å². The second-order valence-electron chi connectivity index (χ2n) is 9.63. The van der Waals surface area contributed by atoms with Gasteiger partial charge in [-0.15, -0.1) is 0 Å². The van der Waals surface area contributed by atoms with Gasteiger partial charge in [-0.3, -0.25) is 9.36 Å². The van der Waals surface area contributed by atoms with E-state index in [9.17, 15) is 9.90 Å². The maximum absolute atomic E-state index is 12.6. The molecule has 1 saturated carbocycles. The summed E-state index contributed by atoms with van der Waals surface area (Å²) in [6.07, 6.45) is 5.59. The summed E-state index contributed by atoms with van der Waals surface area (Å²) in [5.41, 5.74) is 1.94. The molecule has 11 nitrogen and oxygen atoms in total. The number of likely N-dealkylation sites (tertiary alicyclic amines) is 1. The van der Waals surface area contributed by atoms with Crippen LogP contribution < -0.4 is 14.8 Å². The summed E-state index contributed by atoms with van der Waals surface area (Å²) in [6, 6.07) is 10.5. The predicted molar refractivity (Wildman–Crippen MR) is 134 cm³/mol. The number of amides is 1. The highest BCUT2D eigenvalue weighted by molar-refractivity contribution is 5.84. The third-order valence-electron chi connectivity index (χ3n) is 6.97. The van der Waals surface area contributed by atoms with Crippen LogP contribution in [0.3, 0.4) is 0 Å². The molecule has 3 aromatic heterocycles. The van der Waals surface area contributed by atoms with Crippen LogP contribution in [0.25, 0.3) is 28.4 Å². The van der Waals surface area contributed by atoms with Crippen LogP contribution in [0.15, 0.2) is 42.6 Å². The number of ether oxygens (including phenoxy) is 2. The molecule has 11 heteroatoms. The van der Waals surface area contributed by atoms with Gasteiger partial charge in [-0.25, -0.2) is 15.0 Å². The first-order valence-corrected chi connectivity index (χ1v) is 12.5. The van der Waals surface area contributed by atoms with Crippen LogP contribution in [0.1, 0.15) is 25.7 Å². The predicted octanol–water partition coefficient (Wildman–Crippen LogP) is 3.12. The number of carbonyl (C=O) groups is 1. The molecule has 1 saturated heterocycles. The van der Waals surface area contributed by atoms with E-state index < -0.39 is 0 Å². The molecule has 1 unspecified atom stereocenters. The number of piperidine rings is 1. The molecule has 2 fully saturated rings. The second-order valence-corrected chi connectivity index (χ2v) is 9.63. The molecule has 5 heterocycles. The van der Waals surface area contributed by atoms with Crippen molar-refractivity contribution in [1.82, 2.24) is 29.4 Å². The fourth-order valence-electron chi connectivity index (χ4n) is 4.99. The Hall–Kier alpha value is -4.41. The third-order valence-corrected chi connectivity index (χ3v) is 6.97. The van der Waals surface area contributed by atoms with Crippen LogP contribution in [0.4, 0.5) is 5.95 Å². The van der Waals surface area contributed by atoms with E-state index >= 15 is 0 Å². The van der Waals surface area contributed by atoms with E-state index in [0.717, 1.165) is 32.2 Å². The Kier molecular flexibility index (Phi) is 5.08. The minimum atomic E-state index is 0.0743. The van der Waals surface area contributed by atoms with Gasteiger partial charge in [0.1, 0.15) is 17.3 Å². The summed E-state index contributed by atoms with van der Waals surface area (Å²) in [5, 5.41) is 13.7. The molecule has 7 rings (SSSR count). The highest BCUT2D eigenvalue weighted by atomic mass is 16.7. The van der Waals surface area contributed by atoms with E-state index in [1.54, 1.807) is 36.5 Å². The standard InChI is InChI=1S/C26H25N7O4/c34-17-5-6-18-20(12-17)33(23(29-18)19-7-8-21-24(30-19)37-14-36-21)22-9-10-27-26(31-22)28-16-2-1-11-32(13-16)25(35)15-3-4-15/h5-10,12,15-16,34H,1-4,11,13-14H2,(H,27,28,31). The first-order chi connectivity index (χ1) is 18.1. The normalized spacial score (nSPS) is 18.8. The van der Waals surface area contributed by atoms with Gasteiger partial charge in [0, 0.05) is 37.3 Å². The lowest BCUT2D eigenvalue weighted by atomic mass is 10.1. The Balaban J connectivity index is 1.24. The minimum absolute atomic E-state index is 0.0743. The fraction of sp³-hybridized carbons (Fsp3) is 0.346. The Morgan fingerprint density at radius 2 is 1.97 bits per heavy atom. The van der Waals surface area contributed by atoms with Crippen LogP contribution in [-0.2, 0) is 4.79 Å². The van der Waals surface area contributed by atoms with Gasteiger partial charge in [0.05, 0.1) is 11.0 Å². The zero-order chi connectivity index (χ0) is 24.9. The fourth-order valence-corrected chi connectivity index (χ4v) is 4.99. The highest BCUT2D eigenvalue weighted by Gasteiger charge is 2.35. The lowest BCUT2D eigenvalue weighted by molar-refractivity contribution is -0.133. The van der Waals surface area contributed by atoms with Crippen molar-refractivity contribution in [2.75, 3.05) is 25.2 Å². The number of phenolic OH excluding ortho intramolecular Hbond substituents is 1. The molecule has 1 amide bonds. The van der Waals surface area contributed by atoms with Gasteiger partial charge in [-0.2, -0.15) is 4.98 Å². The molecule has 1 atom stereocenters. The number of hydrogen-bond acceptors (Lipinski definition) is 9. The number of anilines is 1. The molecular formula is C26H25N7O4. The van der Waals surface area contributed by atoms with Crippen molar-refractivity contribution < 1.29 is 19.4 Å². The summed E-state index contributed by atoms with van der Waals surface area (Å²) in [4.78, 5) is 33.2. The topological polar surface area (TPSA) is 128 Å². The molecule has 4 aromatic rings. The first-order valence-electron chi connectivity index (χ1n) is 12.5. The van der Waals surface area contributed by atoms with Gasteiger partial charge < -0.3 is 24.8 Å². The molecule has 2 aliphatic heterocycles. The number of nitrogens with zero attached hydrogens (tertiary/aromatic N) is 6. The summed E-state index contributed by atoms with van der Waals surface area (Å²) in [7, 11) is 0. The van der Waals surface area contributed by atoms with Crippen molar-refractivity contribution in [3.63, 3.8) is 0 Å². The SMILES string of the molecule is O=C(C1CC1)N1CCCC(Nc2nccc(-n3c(-c4ccc5c(n4)OCO5)nc4ccc(O)cc43)n2)C1. The largest absolute Gasteiger partial charge is 0.508 e. The molecule has 3 aliphatic rings. The average Bonchev–Trinajstić information content (AvgIpc) is 3.54. The highest BCUT2D eigenvalue weighted by Crippen LogP contribution is 2.35. The lowest BCUT2D eigenvalue weighted by Gasteiger charge is -2.33. The second kappa shape index (κ2) is 8.61. The number of nitrogens with one attached hydrogen (secondary N) is 1. The molecule has 0 radical (unpaired) electrons. The van der Waals surface area contributed by atoms with E-state index in [1.165, 1.54) is 0 Å². The number of phenols is 1. The molecule has 188 valence electrons. The number of rotatable bonds is 5. The van der Waals surface area contributed by atoms with E-state index in [2.05, 4.69) is 15.3 Å². The van der Waals surface area contributed by atoms with Crippen molar-refractivity contribution in [1.29, 1.82) is 0 Å². The summed E-state index contributed by atoms with van der Waals surface area (Å²) in [5.74, 6) is 3.18. The number of imidazole rings is 1. The van der Waals surface area contributed by atoms with Crippen molar-refractivity contribution in [3.05, 3.63) is 42.6 Å². The number of carbonyl (C=O) groups excluding carboxylic acids is 1. The first kappa shape index (κ1) is 21.8. The molecule has 1 aliphatic carbocycles. The van der Waals surface area contributed by atoms with E-state index in [1.807, 2.05) is 15.5 Å². The van der Waals surface area contributed by atoms with Crippen molar-refractivity contribution in [2.24, 2.45) is 5.92 Å². The van der Waals surface area contributed by atoms with Crippen molar-refractivity contribution in [2.45, 2.75) is 31.7 Å². The Morgan fingerprint density at radius 1 is 1.05 bits per heavy atom. The Bertz CT molecular complexity index is 1520. The maximum Gasteiger partial charge on any atom is 0.260 e. The average molecular weight is 500 g/mol. The van der Waals surface area contributed by atoms with Crippen LogP contribution in [0.5, 0.6) is 17.4 Å². The van der Waals surface area contributed by atoms with Crippen LogP contribution in [0, 0.1) is 5.92 Å². The van der Waals surface area contributed by atoms with Gasteiger partial charge in [0.25, 0.3) is 5.88 Å². The van der Waals surface area contributed by atoms with Gasteiger partial charge >= 0.3 is 0 Å². The molecule has 37 heavy (non-hydrogen) atoms. The smallest absolute Gasteiger partial charge is 0.260 e. The minimum Gasteiger partial charge on any atom is -0.508 e. The summed E-state index contributed by atoms with van der Waals surface area (Å²) in [6.45, 7) is 1.59. The van der Waals surface area contributed by atoms with Crippen LogP contribution in [0.2, 0.25) is 0 Å². The molecule has 1 aromatic carbocycles. The van der Waals surface area contributed by atoms with Gasteiger partial charge in [-0.1, -0.05) is 0 Å². The third kappa shape index (κ3) is 4.05. The summed E-state index contributed by atoms with van der Waals surface area (Å²) >= 11 is 0. The van der Waals surface area contributed by atoms with E-state index in [0.29, 0.717) is 52.5 Å². The van der Waals surface area contributed by atoms with Gasteiger partial charge in [-0.05, 0) is 56.0 Å². The molecular weight excluding hydrogens is 474 g/mol. The molecule has 2 N–H and O–H groups in total. The van der Waals surface area contributed by atoms with Gasteiger partial charge in [0.15, 0.2) is 11.6 Å². The zero-order valence-corrected chi connectivity index (χ0v) is 20.0. The quantitative estimate of drug-likeness (QED) is 0.426. The zero-order valence-electron chi connectivity index (χ0n) is 20.0. The Labute approximate surface area is 212 Å². The number of pyridine rings is 1. The van der Waals surface area contributed by atoms with Crippen molar-refractivity contribution in [3.8, 4) is 34.7 Å². The molecule has 0 spiro atoms. The van der Waals surface area contributed by atoms with E-state index in [-0.39, 0.29) is 30.4 Å². The molecule has 0 bridgehead atoms. The number of fused-ring (bicyclic) bond motifs is 2. The number of benzene rings is 1. The van der Waals surface area contributed by atoms with Gasteiger partial charge in [0.2, 0.25) is 18.6 Å². The number of aromatic hydroxyl groups is 1. The van der Waals surface area contributed by atoms with E-state index in [4.69, 9.17) is 19.4 Å². The Morgan fingerprint density at radius 3 is 2.86 bits per heavy atom. The monoisotopic (exact) mass is 499 g/mol. The summed E-state index contributed by atoms with van der Waals surface area (Å²) < 4.78 is 12.7.